The molecule has 0 radical (unpaired) electrons. The van der Waals surface area contributed by atoms with Gasteiger partial charge in [0.25, 0.3) is 0 Å². The maximum Gasteiger partial charge on any atom is 0.411 e. The Labute approximate surface area is 114 Å². The Morgan fingerprint density at radius 3 is 2.68 bits per heavy atom. The van der Waals surface area contributed by atoms with E-state index in [1.165, 1.54) is 4.90 Å². The third kappa shape index (κ3) is 4.92. The number of carbonyl (C=O) groups excluding carboxylic acids is 2. The molecule has 0 bridgehead atoms. The van der Waals surface area contributed by atoms with Crippen LogP contribution in [0.3, 0.4) is 0 Å². The first kappa shape index (κ1) is 15.5. The number of rotatable bonds is 2. The average Bonchev–Trinajstić information content (AvgIpc) is 2.34. The van der Waals surface area contributed by atoms with Crippen LogP contribution >= 0.6 is 0 Å². The summed E-state index contributed by atoms with van der Waals surface area (Å²) in [5.41, 5.74) is -0.577. The molecule has 0 saturated carbocycles. The summed E-state index contributed by atoms with van der Waals surface area (Å²) in [5, 5.41) is 0. The highest BCUT2D eigenvalue weighted by molar-refractivity contribution is 5.89. The maximum atomic E-state index is 12.1. The molecule has 0 N–H and O–H groups in total. The lowest BCUT2D eigenvalue weighted by molar-refractivity contribution is -0.129. The van der Waals surface area contributed by atoms with Gasteiger partial charge in [0.1, 0.15) is 11.6 Å². The number of hydrogen-bond donors (Lipinski definition) is 0. The summed E-state index contributed by atoms with van der Waals surface area (Å²) in [6, 6.07) is -0.593. The number of morpholine rings is 1. The van der Waals surface area contributed by atoms with Crippen molar-refractivity contribution in [3.05, 3.63) is 0 Å². The van der Waals surface area contributed by atoms with Gasteiger partial charge in [-0.15, -0.1) is 5.92 Å². The summed E-state index contributed by atoms with van der Waals surface area (Å²) in [4.78, 5) is 25.5. The maximum absolute atomic E-state index is 12.1. The summed E-state index contributed by atoms with van der Waals surface area (Å²) >= 11 is 0. The fourth-order valence-electron chi connectivity index (χ4n) is 1.70. The molecule has 0 aromatic heterocycles. The quantitative estimate of drug-likeness (QED) is 0.713. The summed E-state index contributed by atoms with van der Waals surface area (Å²) in [6.45, 7) is 8.06. The number of carbonyl (C=O) groups is 2. The molecule has 0 aromatic carbocycles. The normalized spacial score (nSPS) is 19.4. The molecule has 106 valence electrons. The lowest BCUT2D eigenvalue weighted by atomic mass is 10.1. The van der Waals surface area contributed by atoms with Crippen molar-refractivity contribution in [3.63, 3.8) is 0 Å². The van der Waals surface area contributed by atoms with Crippen molar-refractivity contribution in [1.29, 1.82) is 0 Å². The Morgan fingerprint density at radius 2 is 2.11 bits per heavy atom. The van der Waals surface area contributed by atoms with Crippen LogP contribution in [0.2, 0.25) is 0 Å². The zero-order chi connectivity index (χ0) is 14.5. The molecule has 1 heterocycles. The highest BCUT2D eigenvalue weighted by Gasteiger charge is 2.34. The first-order valence-electron chi connectivity index (χ1n) is 6.35. The second-order valence-electron chi connectivity index (χ2n) is 5.33. The molecule has 1 rings (SSSR count). The predicted octanol–water partition coefficient (Wildman–Crippen LogP) is 1.60. The third-order valence-electron chi connectivity index (χ3n) is 2.57. The minimum Gasteiger partial charge on any atom is -0.444 e. The van der Waals surface area contributed by atoms with Gasteiger partial charge in [-0.05, 0) is 27.7 Å². The van der Waals surface area contributed by atoms with Crippen LogP contribution in [0.25, 0.3) is 0 Å². The van der Waals surface area contributed by atoms with Gasteiger partial charge in [0.05, 0.1) is 19.6 Å². The Morgan fingerprint density at radius 1 is 1.42 bits per heavy atom. The molecule has 1 amide bonds. The molecule has 0 spiro atoms. The summed E-state index contributed by atoms with van der Waals surface area (Å²) in [7, 11) is 0. The van der Waals surface area contributed by atoms with Crippen LogP contribution in [0.1, 0.15) is 34.1 Å². The Hall–Kier alpha value is -1.54. The first-order valence-corrected chi connectivity index (χ1v) is 6.35. The molecular formula is C14H21NO4. The van der Waals surface area contributed by atoms with E-state index in [0.717, 1.165) is 0 Å². The fourth-order valence-corrected chi connectivity index (χ4v) is 1.70. The first-order chi connectivity index (χ1) is 8.85. The van der Waals surface area contributed by atoms with Gasteiger partial charge < -0.3 is 9.47 Å². The van der Waals surface area contributed by atoms with Crippen LogP contribution in [-0.4, -0.2) is 48.2 Å². The van der Waals surface area contributed by atoms with Crippen LogP contribution in [-0.2, 0) is 14.3 Å². The van der Waals surface area contributed by atoms with E-state index in [1.54, 1.807) is 27.7 Å². The number of amides is 1. The zero-order valence-corrected chi connectivity index (χ0v) is 12.0. The molecule has 1 unspecified atom stereocenters. The molecule has 0 aromatic rings. The Kier molecular flexibility index (Phi) is 5.37. The van der Waals surface area contributed by atoms with E-state index in [0.29, 0.717) is 13.2 Å². The number of hydrogen-bond acceptors (Lipinski definition) is 4. The van der Waals surface area contributed by atoms with Crippen molar-refractivity contribution in [3.8, 4) is 11.8 Å². The number of Topliss-reactive ketones (excluding diaryl/α,β-unsaturated/α-hetero) is 1. The Balaban J connectivity index is 2.73. The van der Waals surface area contributed by atoms with Crippen LogP contribution in [0, 0.1) is 11.8 Å². The SMILES string of the molecule is CC#CCC(=O)C1COCCN1C(=O)OC(C)(C)C. The molecule has 0 aliphatic carbocycles. The Bertz CT molecular complexity index is 400. The van der Waals surface area contributed by atoms with Crippen LogP contribution in [0.15, 0.2) is 0 Å². The zero-order valence-electron chi connectivity index (χ0n) is 12.0. The highest BCUT2D eigenvalue weighted by Crippen LogP contribution is 2.15. The summed E-state index contributed by atoms with van der Waals surface area (Å²) in [6.07, 6.45) is -0.345. The average molecular weight is 267 g/mol. The molecule has 19 heavy (non-hydrogen) atoms. The van der Waals surface area contributed by atoms with E-state index >= 15 is 0 Å². The molecule has 1 aliphatic heterocycles. The largest absolute Gasteiger partial charge is 0.444 e. The van der Waals surface area contributed by atoms with Gasteiger partial charge in [-0.3, -0.25) is 9.69 Å². The minimum absolute atomic E-state index is 0.111. The van der Waals surface area contributed by atoms with Gasteiger partial charge >= 0.3 is 6.09 Å². The third-order valence-corrected chi connectivity index (χ3v) is 2.57. The number of nitrogens with zero attached hydrogens (tertiary/aromatic N) is 1. The second-order valence-corrected chi connectivity index (χ2v) is 5.33. The minimum atomic E-state index is -0.593. The topological polar surface area (TPSA) is 55.8 Å². The van der Waals surface area contributed by atoms with Crippen molar-refractivity contribution in [2.75, 3.05) is 19.8 Å². The molecule has 1 atom stereocenters. The predicted molar refractivity (Wildman–Crippen MR) is 70.6 cm³/mol. The standard InChI is InChI=1S/C14H21NO4/c1-5-6-7-12(16)11-10-18-9-8-15(11)13(17)19-14(2,3)4/h11H,7-10H2,1-4H3. The smallest absolute Gasteiger partial charge is 0.411 e. The molecule has 5 heteroatoms. The fraction of sp³-hybridized carbons (Fsp3) is 0.714. The monoisotopic (exact) mass is 267 g/mol. The van der Waals surface area contributed by atoms with Gasteiger partial charge in [0.2, 0.25) is 0 Å². The van der Waals surface area contributed by atoms with Gasteiger partial charge in [-0.1, -0.05) is 5.92 Å². The van der Waals surface area contributed by atoms with E-state index in [-0.39, 0.29) is 18.8 Å². The summed E-state index contributed by atoms with van der Waals surface area (Å²) < 4.78 is 10.6. The summed E-state index contributed by atoms with van der Waals surface area (Å²) in [5.74, 6) is 5.28. The van der Waals surface area contributed by atoms with Crippen molar-refractivity contribution < 1.29 is 19.1 Å². The van der Waals surface area contributed by atoms with Gasteiger partial charge in [0, 0.05) is 6.54 Å². The van der Waals surface area contributed by atoms with Gasteiger partial charge in [0.15, 0.2) is 5.78 Å². The van der Waals surface area contributed by atoms with Gasteiger partial charge in [-0.2, -0.15) is 0 Å². The van der Waals surface area contributed by atoms with E-state index < -0.39 is 17.7 Å². The molecule has 1 fully saturated rings. The van der Waals surface area contributed by atoms with E-state index in [9.17, 15) is 9.59 Å². The van der Waals surface area contributed by atoms with Crippen molar-refractivity contribution in [2.24, 2.45) is 0 Å². The van der Waals surface area contributed by atoms with E-state index in [2.05, 4.69) is 11.8 Å². The molecular weight excluding hydrogens is 246 g/mol. The molecule has 1 aliphatic rings. The van der Waals surface area contributed by atoms with E-state index in [1.807, 2.05) is 0 Å². The molecule has 5 nitrogen and oxygen atoms in total. The van der Waals surface area contributed by atoms with Crippen molar-refractivity contribution in [2.45, 2.75) is 45.8 Å². The van der Waals surface area contributed by atoms with Gasteiger partial charge in [-0.25, -0.2) is 4.79 Å². The van der Waals surface area contributed by atoms with Crippen molar-refractivity contribution in [1.82, 2.24) is 4.90 Å². The number of ketones is 1. The lowest BCUT2D eigenvalue weighted by Gasteiger charge is -2.35. The van der Waals surface area contributed by atoms with Crippen LogP contribution in [0.5, 0.6) is 0 Å². The second kappa shape index (κ2) is 6.58. The highest BCUT2D eigenvalue weighted by atomic mass is 16.6. The van der Waals surface area contributed by atoms with E-state index in [4.69, 9.17) is 9.47 Å². The molecule has 1 saturated heterocycles. The number of ether oxygens (including phenoxy) is 2. The van der Waals surface area contributed by atoms with Crippen LogP contribution in [0.4, 0.5) is 4.79 Å². The lowest BCUT2D eigenvalue weighted by Crippen LogP contribution is -2.53. The van der Waals surface area contributed by atoms with Crippen LogP contribution < -0.4 is 0 Å². The van der Waals surface area contributed by atoms with Crippen molar-refractivity contribution >= 4 is 11.9 Å².